The summed E-state index contributed by atoms with van der Waals surface area (Å²) in [5, 5.41) is 6.95. The van der Waals surface area contributed by atoms with Crippen LogP contribution in [-0.2, 0) is 11.3 Å². The van der Waals surface area contributed by atoms with E-state index in [1.807, 2.05) is 0 Å². The van der Waals surface area contributed by atoms with Crippen LogP contribution in [0, 0.1) is 12.8 Å². The number of piperidine rings is 1. The Hall–Kier alpha value is -1.39. The molecule has 22 heavy (non-hydrogen) atoms. The number of primary amides is 1. The van der Waals surface area contributed by atoms with Crippen molar-refractivity contribution in [3.05, 3.63) is 11.7 Å². The van der Waals surface area contributed by atoms with E-state index in [4.69, 9.17) is 10.3 Å². The lowest BCUT2D eigenvalue weighted by Gasteiger charge is -2.34. The second-order valence-electron chi connectivity index (χ2n) is 5.26. The van der Waals surface area contributed by atoms with Crippen molar-refractivity contribution in [1.29, 1.82) is 0 Å². The number of carbonyl (C=O) groups excluding carboxylic acids is 1. The third kappa shape index (κ3) is 5.43. The number of carbonyl (C=O) groups is 1. The summed E-state index contributed by atoms with van der Waals surface area (Å²) in [7, 11) is 1.74. The van der Waals surface area contributed by atoms with Crippen LogP contribution < -0.4 is 11.1 Å². The molecule has 1 aromatic rings. The number of aryl methyl sites for hydroxylation is 1. The number of halogens is 1. The first kappa shape index (κ1) is 18.7. The van der Waals surface area contributed by atoms with E-state index >= 15 is 0 Å². The van der Waals surface area contributed by atoms with Gasteiger partial charge >= 0.3 is 0 Å². The normalized spacial score (nSPS) is 18.7. The fraction of sp³-hybridized carbons (Fsp3) is 0.692. The molecule has 2 rings (SSSR count). The summed E-state index contributed by atoms with van der Waals surface area (Å²) in [6, 6.07) is 0. The van der Waals surface area contributed by atoms with Gasteiger partial charge in [0.25, 0.3) is 0 Å². The predicted molar refractivity (Wildman–Crippen MR) is 92.8 cm³/mol. The van der Waals surface area contributed by atoms with Crippen molar-refractivity contribution in [2.24, 2.45) is 16.6 Å². The van der Waals surface area contributed by atoms with Crippen LogP contribution in [-0.4, -0.2) is 47.0 Å². The Balaban J connectivity index is 0.00000242. The van der Waals surface area contributed by atoms with E-state index in [1.54, 1.807) is 14.0 Å². The van der Waals surface area contributed by atoms with Gasteiger partial charge in [-0.2, -0.15) is 4.98 Å². The maximum Gasteiger partial charge on any atom is 0.246 e. The highest BCUT2D eigenvalue weighted by Crippen LogP contribution is 2.19. The highest BCUT2D eigenvalue weighted by molar-refractivity contribution is 14.0. The van der Waals surface area contributed by atoms with Crippen molar-refractivity contribution >= 4 is 35.8 Å². The molecular formula is C13H23IN6O2. The first-order valence-corrected chi connectivity index (χ1v) is 7.11. The zero-order valence-corrected chi connectivity index (χ0v) is 15.2. The van der Waals surface area contributed by atoms with Crippen LogP contribution in [0.5, 0.6) is 0 Å². The van der Waals surface area contributed by atoms with Gasteiger partial charge in [-0.3, -0.25) is 9.79 Å². The topological polar surface area (TPSA) is 110 Å². The minimum absolute atomic E-state index is 0. The maximum absolute atomic E-state index is 11.1. The summed E-state index contributed by atoms with van der Waals surface area (Å²) < 4.78 is 5.06. The number of nitrogens with zero attached hydrogens (tertiary/aromatic N) is 4. The van der Waals surface area contributed by atoms with Gasteiger partial charge in [-0.15, -0.1) is 24.0 Å². The number of hydrogen-bond acceptors (Lipinski definition) is 5. The fourth-order valence-electron chi connectivity index (χ4n) is 2.61. The summed E-state index contributed by atoms with van der Waals surface area (Å²) in [6.07, 6.45) is 2.48. The van der Waals surface area contributed by atoms with Crippen molar-refractivity contribution < 1.29 is 9.32 Å². The minimum Gasteiger partial charge on any atom is -0.370 e. The molecule has 0 bridgehead atoms. The molecule has 1 atom stereocenters. The van der Waals surface area contributed by atoms with E-state index in [0.717, 1.165) is 31.9 Å². The van der Waals surface area contributed by atoms with Gasteiger partial charge in [0, 0.05) is 26.6 Å². The molecule has 1 saturated heterocycles. The quantitative estimate of drug-likeness (QED) is 0.419. The standard InChI is InChI=1S/C13H22N6O2.HI/c1-9-17-12(21-18-9)7-16-13(15-2)19-5-3-4-10(8-19)6-11(14)20;/h10H,3-8H2,1-2H3,(H2,14,20)(H,15,16);1H. The molecule has 2 heterocycles. The van der Waals surface area contributed by atoms with Crippen LogP contribution in [0.25, 0.3) is 0 Å². The number of aromatic nitrogens is 2. The zero-order chi connectivity index (χ0) is 15.2. The summed E-state index contributed by atoms with van der Waals surface area (Å²) in [6.45, 7) is 3.91. The van der Waals surface area contributed by atoms with Crippen molar-refractivity contribution in [3.63, 3.8) is 0 Å². The fourth-order valence-corrected chi connectivity index (χ4v) is 2.61. The first-order valence-electron chi connectivity index (χ1n) is 7.11. The highest BCUT2D eigenvalue weighted by Gasteiger charge is 2.23. The molecule has 1 aliphatic rings. The summed E-state index contributed by atoms with van der Waals surface area (Å²) in [5.74, 6) is 1.97. The van der Waals surface area contributed by atoms with Crippen LogP contribution in [0.2, 0.25) is 0 Å². The number of rotatable bonds is 4. The van der Waals surface area contributed by atoms with E-state index in [2.05, 4.69) is 25.3 Å². The van der Waals surface area contributed by atoms with Crippen molar-refractivity contribution in [2.45, 2.75) is 32.7 Å². The second kappa shape index (κ2) is 8.91. The van der Waals surface area contributed by atoms with Crippen LogP contribution in [0.1, 0.15) is 31.0 Å². The molecule has 0 saturated carbocycles. The molecule has 1 amide bonds. The largest absolute Gasteiger partial charge is 0.370 e. The van der Waals surface area contributed by atoms with Crippen LogP contribution >= 0.6 is 24.0 Å². The Morgan fingerprint density at radius 1 is 1.59 bits per heavy atom. The van der Waals surface area contributed by atoms with Gasteiger partial charge in [-0.1, -0.05) is 5.16 Å². The van der Waals surface area contributed by atoms with Crippen LogP contribution in [0.15, 0.2) is 9.52 Å². The number of likely N-dealkylation sites (tertiary alicyclic amines) is 1. The van der Waals surface area contributed by atoms with Crippen LogP contribution in [0.4, 0.5) is 0 Å². The Morgan fingerprint density at radius 3 is 2.95 bits per heavy atom. The third-order valence-electron chi connectivity index (χ3n) is 3.49. The molecule has 8 nitrogen and oxygen atoms in total. The Kier molecular flexibility index (Phi) is 7.56. The first-order chi connectivity index (χ1) is 10.1. The SMILES string of the molecule is CN=C(NCc1nc(C)no1)N1CCCC(CC(N)=O)C1.I. The molecule has 0 aromatic carbocycles. The molecule has 1 unspecified atom stereocenters. The average Bonchev–Trinajstić information content (AvgIpc) is 2.85. The van der Waals surface area contributed by atoms with Gasteiger partial charge in [0.1, 0.15) is 0 Å². The molecule has 1 aliphatic heterocycles. The maximum atomic E-state index is 11.1. The smallest absolute Gasteiger partial charge is 0.246 e. The second-order valence-corrected chi connectivity index (χ2v) is 5.26. The lowest BCUT2D eigenvalue weighted by Crippen LogP contribution is -2.46. The molecule has 0 radical (unpaired) electrons. The third-order valence-corrected chi connectivity index (χ3v) is 3.49. The van der Waals surface area contributed by atoms with Crippen LogP contribution in [0.3, 0.4) is 0 Å². The summed E-state index contributed by atoms with van der Waals surface area (Å²) >= 11 is 0. The Morgan fingerprint density at radius 2 is 2.36 bits per heavy atom. The van der Waals surface area contributed by atoms with E-state index in [-0.39, 0.29) is 29.9 Å². The van der Waals surface area contributed by atoms with Crippen molar-refractivity contribution in [3.8, 4) is 0 Å². The molecule has 124 valence electrons. The molecule has 3 N–H and O–H groups in total. The molecule has 9 heteroatoms. The average molecular weight is 422 g/mol. The van der Waals surface area contributed by atoms with Gasteiger partial charge in [-0.05, 0) is 25.7 Å². The summed E-state index contributed by atoms with van der Waals surface area (Å²) in [5.41, 5.74) is 5.28. The summed E-state index contributed by atoms with van der Waals surface area (Å²) in [4.78, 5) is 21.6. The van der Waals surface area contributed by atoms with Gasteiger partial charge in [0.2, 0.25) is 11.8 Å². The van der Waals surface area contributed by atoms with E-state index in [1.165, 1.54) is 0 Å². The Labute approximate surface area is 146 Å². The predicted octanol–water partition coefficient (Wildman–Crippen LogP) is 0.659. The Bertz CT molecular complexity index is 518. The number of amides is 1. The molecule has 1 aromatic heterocycles. The lowest BCUT2D eigenvalue weighted by molar-refractivity contribution is -0.119. The van der Waals surface area contributed by atoms with Gasteiger partial charge in [-0.25, -0.2) is 0 Å². The number of nitrogens with one attached hydrogen (secondary N) is 1. The van der Waals surface area contributed by atoms with Gasteiger partial charge < -0.3 is 20.5 Å². The van der Waals surface area contributed by atoms with Crippen molar-refractivity contribution in [2.75, 3.05) is 20.1 Å². The zero-order valence-electron chi connectivity index (χ0n) is 12.9. The van der Waals surface area contributed by atoms with E-state index in [9.17, 15) is 4.79 Å². The number of hydrogen-bond donors (Lipinski definition) is 2. The lowest BCUT2D eigenvalue weighted by atomic mass is 9.95. The number of guanidine groups is 1. The molecular weight excluding hydrogens is 399 g/mol. The molecule has 1 fully saturated rings. The number of aliphatic imine (C=N–C) groups is 1. The van der Waals surface area contributed by atoms with Gasteiger partial charge in [0.05, 0.1) is 6.54 Å². The molecule has 0 aliphatic carbocycles. The van der Waals surface area contributed by atoms with E-state index in [0.29, 0.717) is 30.6 Å². The highest BCUT2D eigenvalue weighted by atomic mass is 127. The van der Waals surface area contributed by atoms with Gasteiger partial charge in [0.15, 0.2) is 11.8 Å². The minimum atomic E-state index is -0.244. The number of nitrogens with two attached hydrogens (primary N) is 1. The molecule has 0 spiro atoms. The van der Waals surface area contributed by atoms with E-state index < -0.39 is 0 Å². The van der Waals surface area contributed by atoms with Crippen molar-refractivity contribution in [1.82, 2.24) is 20.4 Å². The monoisotopic (exact) mass is 422 g/mol.